The van der Waals surface area contributed by atoms with Crippen molar-refractivity contribution in [2.24, 2.45) is 0 Å². The SMILES string of the molecule is C/C=C/OC1CCC(c2ccc(OC)cc2)CC1F. The van der Waals surface area contributed by atoms with E-state index < -0.39 is 6.17 Å². The second kappa shape index (κ2) is 6.60. The molecule has 0 saturated heterocycles. The maximum absolute atomic E-state index is 14.1. The molecule has 1 aliphatic rings. The summed E-state index contributed by atoms with van der Waals surface area (Å²) in [5.41, 5.74) is 1.19. The average molecular weight is 264 g/mol. The van der Waals surface area contributed by atoms with Crippen molar-refractivity contribution in [2.75, 3.05) is 7.11 Å². The van der Waals surface area contributed by atoms with Gasteiger partial charge in [-0.15, -0.1) is 0 Å². The fourth-order valence-electron chi connectivity index (χ4n) is 2.60. The largest absolute Gasteiger partial charge is 0.497 e. The standard InChI is InChI=1S/C16H21FO2/c1-3-10-19-16-9-6-13(11-15(16)17)12-4-7-14(18-2)8-5-12/h3-5,7-8,10,13,15-16H,6,9,11H2,1-2H3/b10-3+. The van der Waals surface area contributed by atoms with E-state index in [1.165, 1.54) is 5.56 Å². The highest BCUT2D eigenvalue weighted by Gasteiger charge is 2.32. The van der Waals surface area contributed by atoms with Crippen LogP contribution in [0, 0.1) is 0 Å². The molecule has 3 atom stereocenters. The Balaban J connectivity index is 1.96. The third-order valence-electron chi connectivity index (χ3n) is 3.69. The lowest BCUT2D eigenvalue weighted by molar-refractivity contribution is 0.0236. The zero-order chi connectivity index (χ0) is 13.7. The van der Waals surface area contributed by atoms with Gasteiger partial charge in [-0.3, -0.25) is 0 Å². The Morgan fingerprint density at radius 2 is 1.95 bits per heavy atom. The van der Waals surface area contributed by atoms with E-state index in [1.807, 2.05) is 31.2 Å². The Bertz CT molecular complexity index is 413. The molecular weight excluding hydrogens is 243 g/mol. The van der Waals surface area contributed by atoms with Crippen molar-refractivity contribution in [3.63, 3.8) is 0 Å². The molecule has 2 nitrogen and oxygen atoms in total. The molecule has 1 aromatic rings. The molecule has 1 saturated carbocycles. The molecule has 104 valence electrons. The van der Waals surface area contributed by atoms with Crippen LogP contribution in [0.5, 0.6) is 5.75 Å². The molecule has 0 bridgehead atoms. The number of hydrogen-bond donors (Lipinski definition) is 0. The van der Waals surface area contributed by atoms with Gasteiger partial charge in [0, 0.05) is 0 Å². The monoisotopic (exact) mass is 264 g/mol. The third-order valence-corrected chi connectivity index (χ3v) is 3.69. The average Bonchev–Trinajstić information content (AvgIpc) is 2.46. The van der Waals surface area contributed by atoms with Crippen molar-refractivity contribution < 1.29 is 13.9 Å². The maximum Gasteiger partial charge on any atom is 0.137 e. The minimum Gasteiger partial charge on any atom is -0.497 e. The van der Waals surface area contributed by atoms with E-state index in [4.69, 9.17) is 9.47 Å². The van der Waals surface area contributed by atoms with Gasteiger partial charge in [0.2, 0.25) is 0 Å². The van der Waals surface area contributed by atoms with Crippen LogP contribution in [-0.4, -0.2) is 19.4 Å². The van der Waals surface area contributed by atoms with Crippen LogP contribution in [0.1, 0.15) is 37.7 Å². The van der Waals surface area contributed by atoms with E-state index in [-0.39, 0.29) is 12.0 Å². The molecule has 0 heterocycles. The predicted molar refractivity (Wildman–Crippen MR) is 74.2 cm³/mol. The van der Waals surface area contributed by atoms with Crippen molar-refractivity contribution in [1.29, 1.82) is 0 Å². The number of hydrogen-bond acceptors (Lipinski definition) is 2. The van der Waals surface area contributed by atoms with Crippen LogP contribution in [0.2, 0.25) is 0 Å². The van der Waals surface area contributed by atoms with Gasteiger partial charge in [0.25, 0.3) is 0 Å². The highest BCUT2D eigenvalue weighted by molar-refractivity contribution is 5.29. The van der Waals surface area contributed by atoms with Gasteiger partial charge in [-0.05, 0) is 49.8 Å². The molecule has 0 N–H and O–H groups in total. The molecule has 19 heavy (non-hydrogen) atoms. The van der Waals surface area contributed by atoms with Crippen LogP contribution >= 0.6 is 0 Å². The summed E-state index contributed by atoms with van der Waals surface area (Å²) in [7, 11) is 1.65. The van der Waals surface area contributed by atoms with Gasteiger partial charge in [0.15, 0.2) is 0 Å². The van der Waals surface area contributed by atoms with Gasteiger partial charge < -0.3 is 9.47 Å². The molecule has 0 spiro atoms. The number of methoxy groups -OCH3 is 1. The van der Waals surface area contributed by atoms with Crippen LogP contribution in [0.25, 0.3) is 0 Å². The molecule has 0 radical (unpaired) electrons. The first-order valence-electron chi connectivity index (χ1n) is 6.79. The molecule has 1 aliphatic carbocycles. The maximum atomic E-state index is 14.1. The Labute approximate surface area is 114 Å². The summed E-state index contributed by atoms with van der Waals surface area (Å²) in [5.74, 6) is 1.12. The van der Waals surface area contributed by atoms with Gasteiger partial charge >= 0.3 is 0 Å². The van der Waals surface area contributed by atoms with Crippen LogP contribution in [0.4, 0.5) is 4.39 Å². The minimum absolute atomic E-state index is 0.284. The lowest BCUT2D eigenvalue weighted by Crippen LogP contribution is -2.31. The van der Waals surface area contributed by atoms with E-state index in [2.05, 4.69) is 0 Å². The fraction of sp³-hybridized carbons (Fsp3) is 0.500. The number of benzene rings is 1. The Hall–Kier alpha value is -1.51. The first-order valence-corrected chi connectivity index (χ1v) is 6.79. The van der Waals surface area contributed by atoms with E-state index in [0.717, 1.165) is 18.6 Å². The molecule has 2 rings (SSSR count). The van der Waals surface area contributed by atoms with Gasteiger partial charge in [-0.2, -0.15) is 0 Å². The first kappa shape index (κ1) is 13.9. The summed E-state index contributed by atoms with van der Waals surface area (Å²) < 4.78 is 24.6. The Kier molecular flexibility index (Phi) is 4.83. The number of alkyl halides is 1. The minimum atomic E-state index is -0.892. The number of halogens is 1. The smallest absolute Gasteiger partial charge is 0.137 e. The quantitative estimate of drug-likeness (QED) is 0.758. The van der Waals surface area contributed by atoms with E-state index >= 15 is 0 Å². The second-order valence-electron chi connectivity index (χ2n) is 4.94. The van der Waals surface area contributed by atoms with E-state index in [9.17, 15) is 4.39 Å². The lowest BCUT2D eigenvalue weighted by atomic mass is 9.81. The van der Waals surface area contributed by atoms with Crippen molar-refractivity contribution >= 4 is 0 Å². The van der Waals surface area contributed by atoms with Crippen molar-refractivity contribution in [2.45, 2.75) is 44.4 Å². The molecule has 3 heteroatoms. The summed E-state index contributed by atoms with van der Waals surface area (Å²) in [6.45, 7) is 1.87. The van der Waals surface area contributed by atoms with Gasteiger partial charge in [-0.1, -0.05) is 18.2 Å². The summed E-state index contributed by atoms with van der Waals surface area (Å²) in [6, 6.07) is 7.93. The Morgan fingerprint density at radius 1 is 1.21 bits per heavy atom. The van der Waals surface area contributed by atoms with Crippen LogP contribution in [-0.2, 0) is 4.74 Å². The molecular formula is C16H21FO2. The molecule has 0 aliphatic heterocycles. The number of allylic oxidation sites excluding steroid dienone is 1. The summed E-state index contributed by atoms with van der Waals surface area (Å²) in [6.07, 6.45) is 4.47. The first-order chi connectivity index (χ1) is 9.24. The number of rotatable bonds is 4. The van der Waals surface area contributed by atoms with Crippen LogP contribution in [0.3, 0.4) is 0 Å². The highest BCUT2D eigenvalue weighted by Crippen LogP contribution is 2.36. The molecule has 1 fully saturated rings. The topological polar surface area (TPSA) is 18.5 Å². The zero-order valence-electron chi connectivity index (χ0n) is 11.5. The predicted octanol–water partition coefficient (Wildman–Crippen LogP) is 4.22. The molecule has 1 aromatic carbocycles. The molecule has 0 amide bonds. The summed E-state index contributed by atoms with van der Waals surface area (Å²) in [4.78, 5) is 0. The highest BCUT2D eigenvalue weighted by atomic mass is 19.1. The van der Waals surface area contributed by atoms with E-state index in [0.29, 0.717) is 6.42 Å². The second-order valence-corrected chi connectivity index (χ2v) is 4.94. The zero-order valence-corrected chi connectivity index (χ0v) is 11.5. The van der Waals surface area contributed by atoms with Crippen LogP contribution < -0.4 is 4.74 Å². The van der Waals surface area contributed by atoms with Gasteiger partial charge in [0.1, 0.15) is 18.0 Å². The van der Waals surface area contributed by atoms with Crippen LogP contribution in [0.15, 0.2) is 36.6 Å². The van der Waals surface area contributed by atoms with Gasteiger partial charge in [0.05, 0.1) is 13.4 Å². The van der Waals surface area contributed by atoms with Gasteiger partial charge in [-0.25, -0.2) is 4.39 Å². The van der Waals surface area contributed by atoms with Crippen molar-refractivity contribution in [1.82, 2.24) is 0 Å². The normalized spacial score (nSPS) is 27.4. The lowest BCUT2D eigenvalue weighted by Gasteiger charge is -2.31. The molecule has 3 unspecified atom stereocenters. The van der Waals surface area contributed by atoms with E-state index in [1.54, 1.807) is 19.4 Å². The van der Waals surface area contributed by atoms with Crippen molar-refractivity contribution in [3.05, 3.63) is 42.2 Å². The number of ether oxygens (including phenoxy) is 2. The third kappa shape index (κ3) is 3.49. The summed E-state index contributed by atoms with van der Waals surface area (Å²) in [5, 5.41) is 0. The van der Waals surface area contributed by atoms with Crippen molar-refractivity contribution in [3.8, 4) is 5.75 Å². The molecule has 0 aromatic heterocycles. The Morgan fingerprint density at radius 3 is 2.53 bits per heavy atom. The summed E-state index contributed by atoms with van der Waals surface area (Å²) >= 11 is 0. The fourth-order valence-corrected chi connectivity index (χ4v) is 2.60.